The third kappa shape index (κ3) is 2.99. The number of likely N-dealkylation sites (N-methyl/N-ethyl adjacent to an activating group) is 1. The molecule has 0 amide bonds. The fourth-order valence-electron chi connectivity index (χ4n) is 2.39. The van der Waals surface area contributed by atoms with Gasteiger partial charge >= 0.3 is 0 Å². The third-order valence-electron chi connectivity index (χ3n) is 3.46. The van der Waals surface area contributed by atoms with E-state index in [-0.39, 0.29) is 0 Å². The quantitative estimate of drug-likeness (QED) is 0.844. The lowest BCUT2D eigenvalue weighted by Gasteiger charge is -2.35. The maximum absolute atomic E-state index is 5.97. The molecule has 4 heteroatoms. The van der Waals surface area contributed by atoms with Crippen LogP contribution in [0.3, 0.4) is 0 Å². The molecule has 0 spiro atoms. The van der Waals surface area contributed by atoms with Crippen molar-refractivity contribution in [1.29, 1.82) is 0 Å². The second-order valence-electron chi connectivity index (χ2n) is 4.68. The van der Waals surface area contributed by atoms with E-state index in [1.54, 1.807) is 0 Å². The molecule has 0 saturated carbocycles. The van der Waals surface area contributed by atoms with Crippen molar-refractivity contribution in [3.63, 3.8) is 0 Å². The third-order valence-corrected chi connectivity index (χ3v) is 4.44. The van der Waals surface area contributed by atoms with Crippen LogP contribution in [0, 0.1) is 0 Å². The lowest BCUT2D eigenvalue weighted by Crippen LogP contribution is -2.44. The zero-order valence-electron chi connectivity index (χ0n) is 11.4. The summed E-state index contributed by atoms with van der Waals surface area (Å²) in [6.45, 7) is 7.29. The molecule has 0 radical (unpaired) electrons. The van der Waals surface area contributed by atoms with Gasteiger partial charge in [-0.3, -0.25) is 0 Å². The number of rotatable bonds is 4. The van der Waals surface area contributed by atoms with Gasteiger partial charge in [-0.2, -0.15) is 0 Å². The van der Waals surface area contributed by atoms with Gasteiger partial charge in [0.1, 0.15) is 0 Å². The van der Waals surface area contributed by atoms with Crippen molar-refractivity contribution in [2.24, 2.45) is 5.73 Å². The molecule has 1 aromatic carbocycles. The van der Waals surface area contributed by atoms with Gasteiger partial charge in [0, 0.05) is 48.9 Å². The van der Waals surface area contributed by atoms with E-state index >= 15 is 0 Å². The molecule has 0 unspecified atom stereocenters. The largest absolute Gasteiger partial charge is 0.369 e. The molecule has 0 aromatic heterocycles. The second kappa shape index (κ2) is 6.45. The molecule has 0 aliphatic carbocycles. The molecule has 1 aliphatic heterocycles. The number of piperazine rings is 1. The van der Waals surface area contributed by atoms with E-state index in [1.807, 2.05) is 11.8 Å². The number of hydrogen-bond donors (Lipinski definition) is 1. The van der Waals surface area contributed by atoms with Crippen LogP contribution in [0.1, 0.15) is 12.5 Å². The minimum absolute atomic E-state index is 0.630. The molecule has 2 rings (SSSR count). The predicted octanol–water partition coefficient (Wildman–Crippen LogP) is 2.01. The van der Waals surface area contributed by atoms with E-state index in [0.717, 1.165) is 31.9 Å². The minimum atomic E-state index is 0.630. The number of nitrogens with two attached hydrogens (primary N) is 1. The van der Waals surface area contributed by atoms with Crippen LogP contribution < -0.4 is 10.6 Å². The van der Waals surface area contributed by atoms with Gasteiger partial charge < -0.3 is 15.5 Å². The summed E-state index contributed by atoms with van der Waals surface area (Å²) in [5.74, 6) is 1.10. The Bertz CT molecular complexity index is 387. The zero-order chi connectivity index (χ0) is 13.0. The topological polar surface area (TPSA) is 32.5 Å². The van der Waals surface area contributed by atoms with Crippen LogP contribution in [0.15, 0.2) is 23.1 Å². The van der Waals surface area contributed by atoms with Crippen molar-refractivity contribution in [3.05, 3.63) is 23.8 Å². The first-order valence-electron chi connectivity index (χ1n) is 6.64. The monoisotopic (exact) mass is 265 g/mol. The number of hydrogen-bond acceptors (Lipinski definition) is 4. The Morgan fingerprint density at radius 3 is 2.56 bits per heavy atom. The average Bonchev–Trinajstić information content (AvgIpc) is 2.40. The van der Waals surface area contributed by atoms with Crippen LogP contribution in [0.25, 0.3) is 0 Å². The highest BCUT2D eigenvalue weighted by Gasteiger charge is 2.17. The minimum Gasteiger partial charge on any atom is -0.369 e. The van der Waals surface area contributed by atoms with Crippen LogP contribution in [0.4, 0.5) is 5.69 Å². The van der Waals surface area contributed by atoms with Crippen LogP contribution in [0.5, 0.6) is 0 Å². The summed E-state index contributed by atoms with van der Waals surface area (Å²) in [7, 11) is 2.19. The highest BCUT2D eigenvalue weighted by Crippen LogP contribution is 2.31. The van der Waals surface area contributed by atoms with E-state index in [1.165, 1.54) is 16.1 Å². The Balaban J connectivity index is 2.23. The van der Waals surface area contributed by atoms with E-state index in [4.69, 9.17) is 5.73 Å². The molecule has 0 bridgehead atoms. The molecule has 1 fully saturated rings. The van der Waals surface area contributed by atoms with Crippen LogP contribution in [0.2, 0.25) is 0 Å². The molecule has 2 N–H and O–H groups in total. The predicted molar refractivity (Wildman–Crippen MR) is 80.4 cm³/mol. The number of anilines is 1. The van der Waals surface area contributed by atoms with Gasteiger partial charge in [0.15, 0.2) is 0 Å². The van der Waals surface area contributed by atoms with Gasteiger partial charge in [-0.15, -0.1) is 11.8 Å². The zero-order valence-corrected chi connectivity index (χ0v) is 12.2. The van der Waals surface area contributed by atoms with E-state index < -0.39 is 0 Å². The Morgan fingerprint density at radius 2 is 1.94 bits per heavy atom. The Hall–Kier alpha value is -0.710. The fraction of sp³-hybridized carbons (Fsp3) is 0.571. The second-order valence-corrected chi connectivity index (χ2v) is 5.99. The van der Waals surface area contributed by atoms with Crippen LogP contribution in [-0.4, -0.2) is 43.9 Å². The van der Waals surface area contributed by atoms with Crippen molar-refractivity contribution in [3.8, 4) is 0 Å². The Kier molecular flexibility index (Phi) is 4.92. The van der Waals surface area contributed by atoms with Gasteiger partial charge in [0.2, 0.25) is 0 Å². The van der Waals surface area contributed by atoms with Crippen molar-refractivity contribution in [2.45, 2.75) is 18.4 Å². The lowest BCUT2D eigenvalue weighted by atomic mass is 10.1. The van der Waals surface area contributed by atoms with E-state index in [9.17, 15) is 0 Å². The molecule has 1 aromatic rings. The van der Waals surface area contributed by atoms with Gasteiger partial charge in [-0.1, -0.05) is 13.0 Å². The molecular weight excluding hydrogens is 242 g/mol. The number of thioether (sulfide) groups is 1. The highest BCUT2D eigenvalue weighted by molar-refractivity contribution is 7.99. The van der Waals surface area contributed by atoms with Crippen LogP contribution >= 0.6 is 11.8 Å². The van der Waals surface area contributed by atoms with Gasteiger partial charge in [0.05, 0.1) is 0 Å². The van der Waals surface area contributed by atoms with Crippen molar-refractivity contribution >= 4 is 17.4 Å². The summed E-state index contributed by atoms with van der Waals surface area (Å²) in [5, 5.41) is 0. The summed E-state index contributed by atoms with van der Waals surface area (Å²) in [6.07, 6.45) is 0. The van der Waals surface area contributed by atoms with E-state index in [2.05, 4.69) is 42.0 Å². The normalized spacial score (nSPS) is 17.2. The van der Waals surface area contributed by atoms with E-state index in [0.29, 0.717) is 6.54 Å². The fourth-order valence-corrected chi connectivity index (χ4v) is 3.24. The SMILES string of the molecule is CCSc1cccc(N2CCN(C)CC2)c1CN. The molecule has 0 atom stereocenters. The first-order chi connectivity index (χ1) is 8.76. The summed E-state index contributed by atoms with van der Waals surface area (Å²) >= 11 is 1.89. The smallest absolute Gasteiger partial charge is 0.0423 e. The Morgan fingerprint density at radius 1 is 1.22 bits per heavy atom. The van der Waals surface area contributed by atoms with Crippen molar-refractivity contribution < 1.29 is 0 Å². The summed E-state index contributed by atoms with van der Waals surface area (Å²) in [5.41, 5.74) is 8.62. The average molecular weight is 265 g/mol. The lowest BCUT2D eigenvalue weighted by molar-refractivity contribution is 0.312. The maximum atomic E-state index is 5.97. The molecule has 1 heterocycles. The van der Waals surface area contributed by atoms with Crippen molar-refractivity contribution in [1.82, 2.24) is 4.90 Å². The summed E-state index contributed by atoms with van der Waals surface area (Å²) in [4.78, 5) is 6.20. The number of nitrogens with zero attached hydrogens (tertiary/aromatic N) is 2. The van der Waals surface area contributed by atoms with Crippen LogP contribution in [-0.2, 0) is 6.54 Å². The van der Waals surface area contributed by atoms with Gasteiger partial charge in [0.25, 0.3) is 0 Å². The summed E-state index contributed by atoms with van der Waals surface area (Å²) in [6, 6.07) is 6.56. The molecule has 18 heavy (non-hydrogen) atoms. The van der Waals surface area contributed by atoms with Gasteiger partial charge in [-0.05, 0) is 24.9 Å². The Labute approximate surface area is 114 Å². The first-order valence-corrected chi connectivity index (χ1v) is 7.63. The van der Waals surface area contributed by atoms with Gasteiger partial charge in [-0.25, -0.2) is 0 Å². The highest BCUT2D eigenvalue weighted by atomic mass is 32.2. The summed E-state index contributed by atoms with van der Waals surface area (Å²) < 4.78 is 0. The molecule has 3 nitrogen and oxygen atoms in total. The standard InChI is InChI=1S/C14H23N3S/c1-3-18-14-6-4-5-13(12(14)11-15)17-9-7-16(2)8-10-17/h4-6H,3,7-11,15H2,1-2H3. The number of benzene rings is 1. The maximum Gasteiger partial charge on any atom is 0.0423 e. The molecule has 1 aliphatic rings. The first kappa shape index (κ1) is 13.7. The molecular formula is C14H23N3S. The molecule has 100 valence electrons. The van der Waals surface area contributed by atoms with Crippen molar-refractivity contribution in [2.75, 3.05) is 43.9 Å². The molecule has 1 saturated heterocycles.